The molecule has 286 valence electrons. The number of aliphatic imine (C=N–C) groups is 1. The Balaban J connectivity index is 0.000000217. The summed E-state index contributed by atoms with van der Waals surface area (Å²) in [7, 11) is 0. The van der Waals surface area contributed by atoms with E-state index in [1.807, 2.05) is 60.7 Å². The smallest absolute Gasteiger partial charge is 0.0937 e. The van der Waals surface area contributed by atoms with Crippen LogP contribution in [0.15, 0.2) is 223 Å². The molecule has 9 rings (SSSR count). The molecule has 8 aromatic carbocycles. The fourth-order valence-corrected chi connectivity index (χ4v) is 6.81. The van der Waals surface area contributed by atoms with Crippen molar-refractivity contribution >= 4 is 23.8 Å². The zero-order valence-corrected chi connectivity index (χ0v) is 34.1. The number of nitrogens with zero attached hydrogens (tertiary/aromatic N) is 2. The molecule has 0 aliphatic carbocycles. The van der Waals surface area contributed by atoms with Crippen molar-refractivity contribution in [1.82, 2.24) is 0 Å². The monoisotopic (exact) mass is 752 g/mol. The number of aryl methyl sites for hydroxylation is 4. The molecule has 0 aromatic heterocycles. The third-order valence-corrected chi connectivity index (χ3v) is 9.88. The summed E-state index contributed by atoms with van der Waals surface area (Å²) in [6.07, 6.45) is 0. The highest BCUT2D eigenvalue weighted by molar-refractivity contribution is 6.02. The molecule has 0 saturated carbocycles. The summed E-state index contributed by atoms with van der Waals surface area (Å²) >= 11 is 0. The summed E-state index contributed by atoms with van der Waals surface area (Å²) in [4.78, 5) is 7.01. The van der Waals surface area contributed by atoms with Crippen LogP contribution >= 0.6 is 0 Å². The van der Waals surface area contributed by atoms with Gasteiger partial charge in [0.25, 0.3) is 0 Å². The van der Waals surface area contributed by atoms with Gasteiger partial charge in [-0.15, -0.1) is 0 Å². The van der Waals surface area contributed by atoms with Gasteiger partial charge in [-0.05, 0) is 68.8 Å². The third-order valence-electron chi connectivity index (χ3n) is 9.88. The molecule has 0 radical (unpaired) electrons. The fraction of sp³-hybridized carbons (Fsp3) is 0.0893. The van der Waals surface area contributed by atoms with Gasteiger partial charge in [0.05, 0.1) is 11.4 Å². The second-order valence-electron chi connectivity index (χ2n) is 14.4. The average Bonchev–Trinajstić information content (AvgIpc) is 3.27. The van der Waals surface area contributed by atoms with Gasteiger partial charge in [0.15, 0.2) is 0 Å². The van der Waals surface area contributed by atoms with Crippen molar-refractivity contribution < 1.29 is 0 Å². The summed E-state index contributed by atoms with van der Waals surface area (Å²) < 4.78 is 0. The van der Waals surface area contributed by atoms with Crippen LogP contribution in [0.2, 0.25) is 0 Å². The van der Waals surface area contributed by atoms with Crippen molar-refractivity contribution in [3.63, 3.8) is 0 Å². The highest BCUT2D eigenvalue weighted by Crippen LogP contribution is 2.46. The lowest BCUT2D eigenvalue weighted by Crippen LogP contribution is -2.26. The molecular formula is C56H52N2. The zero-order chi connectivity index (χ0) is 40.5. The Morgan fingerprint density at radius 2 is 0.828 bits per heavy atom. The van der Waals surface area contributed by atoms with Gasteiger partial charge in [-0.1, -0.05) is 229 Å². The van der Waals surface area contributed by atoms with Gasteiger partial charge in [0, 0.05) is 28.9 Å². The number of anilines is 1. The molecular weight excluding hydrogens is 701 g/mol. The molecule has 1 heterocycles. The molecule has 2 heteroatoms. The molecule has 0 atom stereocenters. The first-order valence-corrected chi connectivity index (χ1v) is 19.8. The summed E-state index contributed by atoms with van der Waals surface area (Å²) in [5.41, 5.74) is 16.7. The molecule has 0 saturated heterocycles. The molecule has 8 aromatic rings. The van der Waals surface area contributed by atoms with E-state index in [9.17, 15) is 0 Å². The molecule has 1 aliphatic heterocycles. The van der Waals surface area contributed by atoms with Gasteiger partial charge in [0.2, 0.25) is 0 Å². The lowest BCUT2D eigenvalue weighted by Gasteiger charge is -2.36. The minimum Gasteiger partial charge on any atom is -0.334 e. The molecule has 0 fully saturated rings. The lowest BCUT2D eigenvalue weighted by atomic mass is 9.89. The van der Waals surface area contributed by atoms with E-state index >= 15 is 0 Å². The van der Waals surface area contributed by atoms with Gasteiger partial charge in [-0.2, -0.15) is 0 Å². The first kappa shape index (κ1) is 40.6. The minimum absolute atomic E-state index is 0.753. The van der Waals surface area contributed by atoms with Crippen LogP contribution < -0.4 is 4.90 Å². The molecule has 0 amide bonds. The quantitative estimate of drug-likeness (QED) is 0.126. The van der Waals surface area contributed by atoms with E-state index in [4.69, 9.17) is 0 Å². The topological polar surface area (TPSA) is 15.6 Å². The Morgan fingerprint density at radius 3 is 1.29 bits per heavy atom. The second kappa shape index (κ2) is 20.8. The first-order valence-electron chi connectivity index (χ1n) is 19.8. The molecule has 0 spiro atoms. The number of rotatable bonds is 5. The standard InChI is InChI=1S/C35H28N2.3C7H8/c1-25-17-19-26(20-18-25)29-21-22-33-32(23-29)31-16-10-9-15-30(31)24-37(33)35(28-13-7-4-8-14-28)34(36-2)27-11-5-3-6-12-27;3*1-7-5-3-2-4-6-7/h3-23H,2,24H2,1H3;3*2-6H,1H3/b35-34-;;;. The van der Waals surface area contributed by atoms with Crippen molar-refractivity contribution in [3.05, 3.63) is 257 Å². The van der Waals surface area contributed by atoms with Crippen molar-refractivity contribution in [2.24, 2.45) is 4.99 Å². The van der Waals surface area contributed by atoms with Crippen molar-refractivity contribution in [3.8, 4) is 22.3 Å². The van der Waals surface area contributed by atoms with Crippen molar-refractivity contribution in [2.45, 2.75) is 34.2 Å². The summed E-state index contributed by atoms with van der Waals surface area (Å²) in [5, 5.41) is 0. The molecule has 0 N–H and O–H groups in total. The Morgan fingerprint density at radius 1 is 0.414 bits per heavy atom. The fourth-order valence-electron chi connectivity index (χ4n) is 6.81. The van der Waals surface area contributed by atoms with Gasteiger partial charge in [-0.25, -0.2) is 0 Å². The Kier molecular flexibility index (Phi) is 14.5. The van der Waals surface area contributed by atoms with Crippen LogP contribution in [0.25, 0.3) is 33.6 Å². The van der Waals surface area contributed by atoms with Gasteiger partial charge in [-0.3, -0.25) is 4.99 Å². The second-order valence-corrected chi connectivity index (χ2v) is 14.4. The SMILES string of the molecule is C=N/C(=C(/c1ccccc1)N1Cc2ccccc2-c2cc(-c3ccc(C)cc3)ccc21)c1ccccc1.Cc1ccccc1.Cc1ccccc1.Cc1ccccc1. The molecule has 58 heavy (non-hydrogen) atoms. The van der Waals surface area contributed by atoms with Crippen LogP contribution in [0, 0.1) is 27.7 Å². The van der Waals surface area contributed by atoms with E-state index in [-0.39, 0.29) is 0 Å². The Hall–Kier alpha value is -7.03. The largest absolute Gasteiger partial charge is 0.334 e. The van der Waals surface area contributed by atoms with E-state index in [0.717, 1.165) is 29.1 Å². The predicted octanol–water partition coefficient (Wildman–Crippen LogP) is 14.9. The average molecular weight is 753 g/mol. The van der Waals surface area contributed by atoms with Crippen LogP contribution in [-0.2, 0) is 6.54 Å². The van der Waals surface area contributed by atoms with Crippen LogP contribution in [0.5, 0.6) is 0 Å². The van der Waals surface area contributed by atoms with Crippen LogP contribution in [-0.4, -0.2) is 6.72 Å². The molecule has 0 bridgehead atoms. The number of hydrogen-bond donors (Lipinski definition) is 0. The van der Waals surface area contributed by atoms with Crippen molar-refractivity contribution in [2.75, 3.05) is 4.90 Å². The summed E-state index contributed by atoms with van der Waals surface area (Å²) in [6.45, 7) is 13.1. The van der Waals surface area contributed by atoms with Gasteiger partial charge in [0.1, 0.15) is 0 Å². The zero-order valence-electron chi connectivity index (χ0n) is 34.1. The third kappa shape index (κ3) is 11.1. The number of benzene rings is 8. The maximum absolute atomic E-state index is 4.60. The Bertz CT molecular complexity index is 2400. The van der Waals surface area contributed by atoms with Crippen LogP contribution in [0.1, 0.15) is 38.9 Å². The maximum Gasteiger partial charge on any atom is 0.0937 e. The van der Waals surface area contributed by atoms with E-state index in [1.54, 1.807) is 0 Å². The summed E-state index contributed by atoms with van der Waals surface area (Å²) in [6, 6.07) is 76.0. The van der Waals surface area contributed by atoms with Crippen LogP contribution in [0.3, 0.4) is 0 Å². The van der Waals surface area contributed by atoms with Gasteiger partial charge < -0.3 is 4.90 Å². The van der Waals surface area contributed by atoms with E-state index in [1.165, 1.54) is 55.8 Å². The van der Waals surface area contributed by atoms with E-state index < -0.39 is 0 Å². The number of fused-ring (bicyclic) bond motifs is 3. The maximum atomic E-state index is 4.60. The first-order chi connectivity index (χ1) is 28.4. The lowest BCUT2D eigenvalue weighted by molar-refractivity contribution is 0.968. The predicted molar refractivity (Wildman–Crippen MR) is 251 cm³/mol. The summed E-state index contributed by atoms with van der Waals surface area (Å²) in [5.74, 6) is 0. The Labute approximate surface area is 346 Å². The van der Waals surface area contributed by atoms with Crippen molar-refractivity contribution in [1.29, 1.82) is 0 Å². The van der Waals surface area contributed by atoms with Gasteiger partial charge >= 0.3 is 0 Å². The highest BCUT2D eigenvalue weighted by atomic mass is 15.2. The highest BCUT2D eigenvalue weighted by Gasteiger charge is 2.28. The minimum atomic E-state index is 0.753. The molecule has 2 nitrogen and oxygen atoms in total. The van der Waals surface area contributed by atoms with E-state index in [0.29, 0.717) is 0 Å². The number of hydrogen-bond acceptors (Lipinski definition) is 2. The van der Waals surface area contributed by atoms with E-state index in [2.05, 4.69) is 202 Å². The van der Waals surface area contributed by atoms with Crippen LogP contribution in [0.4, 0.5) is 5.69 Å². The molecule has 0 unspecified atom stereocenters. The normalized spacial score (nSPS) is 11.3. The molecule has 1 aliphatic rings.